The molecule has 2 nitrogen and oxygen atoms in total. The van der Waals surface area contributed by atoms with Crippen LogP contribution in [0.25, 0.3) is 0 Å². The summed E-state index contributed by atoms with van der Waals surface area (Å²) in [6.07, 6.45) is 12.6. The Morgan fingerprint density at radius 1 is 1.00 bits per heavy atom. The first-order valence-corrected chi connectivity index (χ1v) is 8.27. The number of hydrogen-bond donors (Lipinski definition) is 1. The fraction of sp³-hybridized carbons (Fsp3) is 1.00. The van der Waals surface area contributed by atoms with E-state index in [2.05, 4.69) is 11.8 Å². The van der Waals surface area contributed by atoms with Crippen LogP contribution in [0.4, 0.5) is 0 Å². The molecular formula is C16H32N2. The third-order valence-electron chi connectivity index (χ3n) is 5.24. The maximum Gasteiger partial charge on any atom is 0.0196 e. The van der Waals surface area contributed by atoms with E-state index in [1.165, 1.54) is 70.9 Å². The third kappa shape index (κ3) is 4.24. The summed E-state index contributed by atoms with van der Waals surface area (Å²) < 4.78 is 0. The topological polar surface area (TPSA) is 29.3 Å². The van der Waals surface area contributed by atoms with Gasteiger partial charge in [-0.15, -0.1) is 0 Å². The van der Waals surface area contributed by atoms with E-state index in [-0.39, 0.29) is 0 Å². The van der Waals surface area contributed by atoms with Gasteiger partial charge >= 0.3 is 0 Å². The first-order valence-electron chi connectivity index (χ1n) is 8.27. The number of rotatable bonds is 4. The molecule has 1 aliphatic carbocycles. The zero-order chi connectivity index (χ0) is 12.8. The van der Waals surface area contributed by atoms with Gasteiger partial charge < -0.3 is 10.6 Å². The minimum Gasteiger partial charge on any atom is -0.326 e. The molecule has 2 aliphatic rings. The molecule has 2 unspecified atom stereocenters. The van der Waals surface area contributed by atoms with E-state index in [1.807, 2.05) is 0 Å². The molecule has 0 bridgehead atoms. The minimum absolute atomic E-state index is 0.434. The zero-order valence-corrected chi connectivity index (χ0v) is 12.2. The normalized spacial score (nSPS) is 30.0. The Labute approximate surface area is 113 Å². The maximum atomic E-state index is 6.46. The van der Waals surface area contributed by atoms with Crippen LogP contribution in [0.2, 0.25) is 0 Å². The van der Waals surface area contributed by atoms with Crippen molar-refractivity contribution in [1.82, 2.24) is 4.90 Å². The monoisotopic (exact) mass is 252 g/mol. The predicted octanol–water partition coefficient (Wildman–Crippen LogP) is 3.41. The van der Waals surface area contributed by atoms with E-state index < -0.39 is 0 Å². The Morgan fingerprint density at radius 3 is 2.50 bits per heavy atom. The lowest BCUT2D eigenvalue weighted by Gasteiger charge is -2.31. The lowest BCUT2D eigenvalue weighted by atomic mass is 9.84. The Bertz CT molecular complexity index is 223. The van der Waals surface area contributed by atoms with Crippen LogP contribution in [0.15, 0.2) is 0 Å². The molecule has 0 aromatic rings. The standard InChI is InChI=1S/C16H32N2/c1-2-14-7-6-11-18(12-10-14)13-16(17)15-8-4-3-5-9-15/h14-16H,2-13,17H2,1H3. The van der Waals surface area contributed by atoms with Gasteiger partial charge in [0.05, 0.1) is 0 Å². The van der Waals surface area contributed by atoms with Crippen LogP contribution in [-0.4, -0.2) is 30.6 Å². The summed E-state index contributed by atoms with van der Waals surface area (Å²) in [7, 11) is 0. The molecule has 0 spiro atoms. The van der Waals surface area contributed by atoms with Gasteiger partial charge in [-0.1, -0.05) is 32.6 Å². The predicted molar refractivity (Wildman–Crippen MR) is 78.6 cm³/mol. The molecule has 1 saturated carbocycles. The van der Waals surface area contributed by atoms with E-state index >= 15 is 0 Å². The highest BCUT2D eigenvalue weighted by molar-refractivity contribution is 4.80. The molecule has 1 heterocycles. The molecule has 0 amide bonds. The van der Waals surface area contributed by atoms with Gasteiger partial charge in [-0.2, -0.15) is 0 Å². The Kier molecular flexibility index (Phi) is 5.97. The second-order valence-electron chi connectivity index (χ2n) is 6.57. The highest BCUT2D eigenvalue weighted by Gasteiger charge is 2.23. The molecule has 2 rings (SSSR count). The lowest BCUT2D eigenvalue weighted by Crippen LogP contribution is -2.43. The molecule has 2 fully saturated rings. The van der Waals surface area contributed by atoms with Gasteiger partial charge in [-0.3, -0.25) is 0 Å². The Balaban J connectivity index is 1.74. The average molecular weight is 252 g/mol. The van der Waals surface area contributed by atoms with Gasteiger partial charge in [0.1, 0.15) is 0 Å². The molecule has 2 atom stereocenters. The summed E-state index contributed by atoms with van der Waals surface area (Å²) in [4.78, 5) is 2.65. The molecule has 2 N–H and O–H groups in total. The van der Waals surface area contributed by atoms with Gasteiger partial charge in [-0.05, 0) is 57.0 Å². The van der Waals surface area contributed by atoms with E-state index in [4.69, 9.17) is 5.73 Å². The number of nitrogens with zero attached hydrogens (tertiary/aromatic N) is 1. The third-order valence-corrected chi connectivity index (χ3v) is 5.24. The number of likely N-dealkylation sites (tertiary alicyclic amines) is 1. The van der Waals surface area contributed by atoms with Crippen molar-refractivity contribution >= 4 is 0 Å². The summed E-state index contributed by atoms with van der Waals surface area (Å²) in [5.41, 5.74) is 6.46. The van der Waals surface area contributed by atoms with E-state index in [0.29, 0.717) is 6.04 Å². The molecular weight excluding hydrogens is 220 g/mol. The number of hydrogen-bond acceptors (Lipinski definition) is 2. The molecule has 0 aromatic heterocycles. The fourth-order valence-corrected chi connectivity index (χ4v) is 3.83. The second-order valence-corrected chi connectivity index (χ2v) is 6.57. The molecule has 1 aliphatic heterocycles. The van der Waals surface area contributed by atoms with E-state index in [1.54, 1.807) is 0 Å². The maximum absolute atomic E-state index is 6.46. The van der Waals surface area contributed by atoms with Crippen molar-refractivity contribution in [3.05, 3.63) is 0 Å². The quantitative estimate of drug-likeness (QED) is 0.831. The van der Waals surface area contributed by atoms with Crippen LogP contribution in [-0.2, 0) is 0 Å². The average Bonchev–Trinajstić information content (AvgIpc) is 2.65. The summed E-state index contributed by atoms with van der Waals surface area (Å²) in [6.45, 7) is 6.07. The van der Waals surface area contributed by atoms with Crippen LogP contribution in [0.5, 0.6) is 0 Å². The highest BCUT2D eigenvalue weighted by Crippen LogP contribution is 2.27. The van der Waals surface area contributed by atoms with Crippen molar-refractivity contribution in [3.8, 4) is 0 Å². The summed E-state index contributed by atoms with van der Waals surface area (Å²) in [5.74, 6) is 1.78. The fourth-order valence-electron chi connectivity index (χ4n) is 3.83. The van der Waals surface area contributed by atoms with Crippen LogP contribution in [0, 0.1) is 11.8 Å². The van der Waals surface area contributed by atoms with Crippen LogP contribution < -0.4 is 5.73 Å². The van der Waals surface area contributed by atoms with Crippen molar-refractivity contribution in [3.63, 3.8) is 0 Å². The van der Waals surface area contributed by atoms with Gasteiger partial charge in [0, 0.05) is 12.6 Å². The SMILES string of the molecule is CCC1CCCN(CC(N)C2CCCCC2)CC1. The molecule has 18 heavy (non-hydrogen) atoms. The summed E-state index contributed by atoms with van der Waals surface area (Å²) in [5, 5.41) is 0. The van der Waals surface area contributed by atoms with Crippen LogP contribution in [0.1, 0.15) is 64.7 Å². The molecule has 1 saturated heterocycles. The first-order chi connectivity index (χ1) is 8.79. The Morgan fingerprint density at radius 2 is 1.78 bits per heavy atom. The van der Waals surface area contributed by atoms with Crippen molar-refractivity contribution < 1.29 is 0 Å². The van der Waals surface area contributed by atoms with Crippen LogP contribution >= 0.6 is 0 Å². The lowest BCUT2D eigenvalue weighted by molar-refractivity contribution is 0.209. The number of nitrogens with two attached hydrogens (primary N) is 1. The molecule has 0 aromatic carbocycles. The molecule has 2 heteroatoms. The van der Waals surface area contributed by atoms with Crippen molar-refractivity contribution in [1.29, 1.82) is 0 Å². The van der Waals surface area contributed by atoms with E-state index in [0.717, 1.165) is 18.4 Å². The largest absolute Gasteiger partial charge is 0.326 e. The van der Waals surface area contributed by atoms with Crippen molar-refractivity contribution in [2.45, 2.75) is 70.8 Å². The molecule has 106 valence electrons. The van der Waals surface area contributed by atoms with Gasteiger partial charge in [0.15, 0.2) is 0 Å². The smallest absolute Gasteiger partial charge is 0.0196 e. The Hall–Kier alpha value is -0.0800. The van der Waals surface area contributed by atoms with Crippen molar-refractivity contribution in [2.75, 3.05) is 19.6 Å². The molecule has 0 radical (unpaired) electrons. The van der Waals surface area contributed by atoms with Crippen molar-refractivity contribution in [2.24, 2.45) is 17.6 Å². The summed E-state index contributed by atoms with van der Waals surface area (Å²) in [6, 6.07) is 0.434. The van der Waals surface area contributed by atoms with Gasteiger partial charge in [-0.25, -0.2) is 0 Å². The van der Waals surface area contributed by atoms with Gasteiger partial charge in [0.2, 0.25) is 0 Å². The highest BCUT2D eigenvalue weighted by atomic mass is 15.1. The second kappa shape index (κ2) is 7.49. The summed E-state index contributed by atoms with van der Waals surface area (Å²) >= 11 is 0. The first kappa shape index (κ1) is 14.3. The zero-order valence-electron chi connectivity index (χ0n) is 12.2. The van der Waals surface area contributed by atoms with E-state index in [9.17, 15) is 0 Å². The van der Waals surface area contributed by atoms with Crippen LogP contribution in [0.3, 0.4) is 0 Å². The van der Waals surface area contributed by atoms with Gasteiger partial charge in [0.25, 0.3) is 0 Å². The minimum atomic E-state index is 0.434.